The summed E-state index contributed by atoms with van der Waals surface area (Å²) >= 11 is 3.43. The quantitative estimate of drug-likeness (QED) is 0.171. The molecule has 0 aliphatic rings. The Hall–Kier alpha value is -4.15. The van der Waals surface area contributed by atoms with Gasteiger partial charge in [0.2, 0.25) is 11.8 Å². The normalized spacial score (nSPS) is 11.9. The topological polar surface area (TPSA) is 96.0 Å². The Morgan fingerprint density at radius 2 is 1.36 bits per heavy atom. The van der Waals surface area contributed by atoms with Gasteiger partial charge in [0.05, 0.1) is 10.6 Å². The number of hydrogen-bond acceptors (Lipinski definition) is 5. The van der Waals surface area contributed by atoms with E-state index in [9.17, 15) is 18.0 Å². The number of benzene rings is 4. The Bertz CT molecular complexity index is 1630. The maximum absolute atomic E-state index is 14.1. The fraction of sp³-hybridized carbons (Fsp3) is 0.235. The summed E-state index contributed by atoms with van der Waals surface area (Å²) in [6.45, 7) is 5.67. The largest absolute Gasteiger partial charge is 0.457 e. The highest BCUT2D eigenvalue weighted by Gasteiger charge is 2.32. The molecule has 0 radical (unpaired) electrons. The van der Waals surface area contributed by atoms with Gasteiger partial charge < -0.3 is 15.0 Å². The van der Waals surface area contributed by atoms with Crippen molar-refractivity contribution in [1.82, 2.24) is 10.2 Å². The third-order valence-corrected chi connectivity index (χ3v) is 9.15. The number of carbonyl (C=O) groups is 2. The van der Waals surface area contributed by atoms with Crippen LogP contribution in [0.25, 0.3) is 0 Å². The number of nitrogens with zero attached hydrogens (tertiary/aromatic N) is 2. The highest BCUT2D eigenvalue weighted by molar-refractivity contribution is 9.10. The van der Waals surface area contributed by atoms with Crippen molar-refractivity contribution in [2.24, 2.45) is 5.92 Å². The number of ether oxygens (including phenoxy) is 1. The molecule has 0 aliphatic heterocycles. The molecule has 1 N–H and O–H groups in total. The molecule has 8 nitrogen and oxygen atoms in total. The van der Waals surface area contributed by atoms with Crippen LogP contribution in [0.4, 0.5) is 5.69 Å². The lowest BCUT2D eigenvalue weighted by Gasteiger charge is -2.32. The molecule has 230 valence electrons. The summed E-state index contributed by atoms with van der Waals surface area (Å²) in [6.07, 6.45) is 0. The number of rotatable bonds is 13. The number of amides is 2. The van der Waals surface area contributed by atoms with Crippen LogP contribution in [0.2, 0.25) is 0 Å². The van der Waals surface area contributed by atoms with Crippen molar-refractivity contribution in [3.05, 3.63) is 119 Å². The molecule has 0 aliphatic carbocycles. The summed E-state index contributed by atoms with van der Waals surface area (Å²) in [7, 11) is -4.16. The molecule has 0 aromatic heterocycles. The second-order valence-electron chi connectivity index (χ2n) is 10.7. The lowest BCUT2D eigenvalue weighted by atomic mass is 10.1. The van der Waals surface area contributed by atoms with Crippen molar-refractivity contribution in [3.8, 4) is 11.5 Å². The predicted octanol–water partition coefficient (Wildman–Crippen LogP) is 6.63. The van der Waals surface area contributed by atoms with Crippen LogP contribution in [-0.4, -0.2) is 44.3 Å². The number of para-hydroxylation sites is 1. The molecule has 4 rings (SSSR count). The average Bonchev–Trinajstić information content (AvgIpc) is 3.03. The van der Waals surface area contributed by atoms with E-state index >= 15 is 0 Å². The van der Waals surface area contributed by atoms with Crippen molar-refractivity contribution in [1.29, 1.82) is 0 Å². The molecule has 4 aromatic rings. The Balaban J connectivity index is 1.67. The van der Waals surface area contributed by atoms with Crippen LogP contribution < -0.4 is 14.4 Å². The van der Waals surface area contributed by atoms with Gasteiger partial charge in [-0.2, -0.15) is 0 Å². The number of anilines is 1. The maximum Gasteiger partial charge on any atom is 0.264 e. The highest BCUT2D eigenvalue weighted by atomic mass is 79.9. The van der Waals surface area contributed by atoms with Gasteiger partial charge in [0.1, 0.15) is 24.1 Å². The van der Waals surface area contributed by atoms with Gasteiger partial charge in [0.15, 0.2) is 0 Å². The summed E-state index contributed by atoms with van der Waals surface area (Å²) < 4.78 is 35.8. The molecular formula is C34H36BrN3O5S. The summed E-state index contributed by atoms with van der Waals surface area (Å²) in [6, 6.07) is 30.3. The van der Waals surface area contributed by atoms with Gasteiger partial charge in [0, 0.05) is 17.6 Å². The van der Waals surface area contributed by atoms with E-state index in [0.717, 1.165) is 14.3 Å². The predicted molar refractivity (Wildman–Crippen MR) is 176 cm³/mol. The molecule has 0 heterocycles. The smallest absolute Gasteiger partial charge is 0.264 e. The third-order valence-electron chi connectivity index (χ3n) is 6.83. The van der Waals surface area contributed by atoms with Crippen LogP contribution in [-0.2, 0) is 26.2 Å². The minimum absolute atomic E-state index is 0.0413. The number of sulfonamides is 1. The number of hydrogen-bond donors (Lipinski definition) is 1. The summed E-state index contributed by atoms with van der Waals surface area (Å²) in [5.41, 5.74) is 1.08. The zero-order valence-electron chi connectivity index (χ0n) is 24.9. The molecule has 44 heavy (non-hydrogen) atoms. The van der Waals surface area contributed by atoms with E-state index in [1.54, 1.807) is 49.4 Å². The van der Waals surface area contributed by atoms with E-state index in [4.69, 9.17) is 4.74 Å². The minimum Gasteiger partial charge on any atom is -0.457 e. The average molecular weight is 679 g/mol. The Labute approximate surface area is 267 Å². The van der Waals surface area contributed by atoms with Crippen LogP contribution in [0.1, 0.15) is 26.3 Å². The molecule has 1 atom stereocenters. The van der Waals surface area contributed by atoms with E-state index in [-0.39, 0.29) is 29.0 Å². The third kappa shape index (κ3) is 8.70. The summed E-state index contributed by atoms with van der Waals surface area (Å²) in [5.74, 6) is 0.531. The van der Waals surface area contributed by atoms with E-state index in [2.05, 4.69) is 21.2 Å². The van der Waals surface area contributed by atoms with E-state index < -0.39 is 28.5 Å². The van der Waals surface area contributed by atoms with Crippen molar-refractivity contribution in [3.63, 3.8) is 0 Å². The first-order valence-corrected chi connectivity index (χ1v) is 16.5. The molecular weight excluding hydrogens is 642 g/mol. The first-order valence-electron chi connectivity index (χ1n) is 14.3. The fourth-order valence-electron chi connectivity index (χ4n) is 4.38. The van der Waals surface area contributed by atoms with Crippen molar-refractivity contribution in [2.45, 2.75) is 38.3 Å². The highest BCUT2D eigenvalue weighted by Crippen LogP contribution is 2.28. The molecule has 0 unspecified atom stereocenters. The van der Waals surface area contributed by atoms with Gasteiger partial charge in [-0.15, -0.1) is 0 Å². The van der Waals surface area contributed by atoms with E-state index in [1.807, 2.05) is 68.4 Å². The Morgan fingerprint density at radius 1 is 0.795 bits per heavy atom. The number of carbonyl (C=O) groups excluding carboxylic acids is 2. The Morgan fingerprint density at radius 3 is 1.95 bits per heavy atom. The first kappa shape index (κ1) is 32.8. The van der Waals surface area contributed by atoms with Crippen LogP contribution in [0.3, 0.4) is 0 Å². The summed E-state index contributed by atoms with van der Waals surface area (Å²) in [4.78, 5) is 28.7. The number of halogens is 1. The SMILES string of the molecule is CC(C)CNC(=O)[C@H](C)N(Cc1ccc(Br)cc1)C(=O)CN(c1ccc(Oc2ccccc2)cc1)S(=O)(=O)c1ccccc1. The second kappa shape index (κ2) is 15.0. The maximum atomic E-state index is 14.1. The minimum atomic E-state index is -4.16. The van der Waals surface area contributed by atoms with Gasteiger partial charge >= 0.3 is 0 Å². The van der Waals surface area contributed by atoms with Crippen LogP contribution in [0.5, 0.6) is 11.5 Å². The molecule has 0 fully saturated rings. The zero-order valence-corrected chi connectivity index (χ0v) is 27.3. The van der Waals surface area contributed by atoms with Gasteiger partial charge in [-0.3, -0.25) is 13.9 Å². The van der Waals surface area contributed by atoms with E-state index in [0.29, 0.717) is 18.0 Å². The van der Waals surface area contributed by atoms with Crippen LogP contribution in [0.15, 0.2) is 119 Å². The van der Waals surface area contributed by atoms with Crippen LogP contribution >= 0.6 is 15.9 Å². The number of nitrogens with one attached hydrogen (secondary N) is 1. The summed E-state index contributed by atoms with van der Waals surface area (Å²) in [5, 5.41) is 2.89. The molecule has 0 saturated carbocycles. The van der Waals surface area contributed by atoms with E-state index in [1.165, 1.54) is 17.0 Å². The molecule has 0 saturated heterocycles. The Kier molecular flexibility index (Phi) is 11.2. The molecule has 2 amide bonds. The molecule has 0 bridgehead atoms. The van der Waals surface area contributed by atoms with Crippen molar-refractivity contribution in [2.75, 3.05) is 17.4 Å². The van der Waals surface area contributed by atoms with Gasteiger partial charge in [-0.1, -0.05) is 78.3 Å². The fourth-order valence-corrected chi connectivity index (χ4v) is 6.07. The van der Waals surface area contributed by atoms with Crippen molar-refractivity contribution >= 4 is 43.5 Å². The monoisotopic (exact) mass is 677 g/mol. The lowest BCUT2D eigenvalue weighted by molar-refractivity contribution is -0.139. The van der Waals surface area contributed by atoms with Crippen LogP contribution in [0, 0.1) is 5.92 Å². The molecule has 4 aromatic carbocycles. The lowest BCUT2D eigenvalue weighted by Crippen LogP contribution is -2.51. The first-order chi connectivity index (χ1) is 21.0. The molecule has 0 spiro atoms. The van der Waals surface area contributed by atoms with Gasteiger partial charge in [-0.25, -0.2) is 8.42 Å². The molecule has 10 heteroatoms. The van der Waals surface area contributed by atoms with Gasteiger partial charge in [-0.05, 0) is 79.1 Å². The zero-order chi connectivity index (χ0) is 31.7. The van der Waals surface area contributed by atoms with Gasteiger partial charge in [0.25, 0.3) is 10.0 Å². The van der Waals surface area contributed by atoms with Crippen molar-refractivity contribution < 1.29 is 22.7 Å². The second-order valence-corrected chi connectivity index (χ2v) is 13.5. The standard InChI is InChI=1S/C34H36BrN3O5S/c1-25(2)22-36-34(40)26(3)37(23-27-14-16-28(35)17-15-27)33(39)24-38(44(41,42)32-12-8-5-9-13-32)29-18-20-31(21-19-29)43-30-10-6-4-7-11-30/h4-21,25-26H,22-24H2,1-3H3,(H,36,40)/t26-/m0/s1.